The van der Waals surface area contributed by atoms with Crippen molar-refractivity contribution < 1.29 is 34.1 Å². The number of aliphatic hydroxyl groups excluding tert-OH is 1. The number of hydrogen-bond acceptors (Lipinski definition) is 6. The minimum Gasteiger partial charge on any atom is -0.480 e. The summed E-state index contributed by atoms with van der Waals surface area (Å²) in [6, 6.07) is -1.39. The Morgan fingerprint density at radius 1 is 0.534 bits per heavy atom. The normalized spacial score (nSPS) is 13.3. The SMILES string of the molecule is CC/C=C\C/C=C\C/C=C\C/C=C\C/C=C\C/C=C\C/C=C\CCCC(=O)OC(CCCCCCCCC)CCCCCCCC(=O)NCC(=O)NC(CO)C(=O)O. The van der Waals surface area contributed by atoms with Crippen molar-refractivity contribution in [3.8, 4) is 0 Å². The van der Waals surface area contributed by atoms with Crippen LogP contribution in [0.1, 0.15) is 174 Å². The number of esters is 1. The summed E-state index contributed by atoms with van der Waals surface area (Å²) in [6.45, 7) is 3.33. The summed E-state index contributed by atoms with van der Waals surface area (Å²) in [5.74, 6) is -2.37. The van der Waals surface area contributed by atoms with E-state index in [0.29, 0.717) is 12.8 Å². The lowest BCUT2D eigenvalue weighted by atomic mass is 10.0. The lowest BCUT2D eigenvalue weighted by Gasteiger charge is -2.18. The minimum atomic E-state index is -1.39. The van der Waals surface area contributed by atoms with Crippen molar-refractivity contribution in [2.45, 2.75) is 187 Å². The average Bonchev–Trinajstić information content (AvgIpc) is 3.21. The topological polar surface area (TPSA) is 142 Å². The van der Waals surface area contributed by atoms with Gasteiger partial charge >= 0.3 is 11.9 Å². The van der Waals surface area contributed by atoms with Crippen LogP contribution in [-0.4, -0.2) is 59.3 Å². The number of hydrogen-bond donors (Lipinski definition) is 4. The van der Waals surface area contributed by atoms with E-state index in [1.807, 2.05) is 0 Å². The minimum absolute atomic E-state index is 0.0460. The number of amides is 2. The van der Waals surface area contributed by atoms with Crippen LogP contribution in [0.5, 0.6) is 0 Å². The van der Waals surface area contributed by atoms with E-state index in [0.717, 1.165) is 103 Å². The third kappa shape index (κ3) is 38.9. The highest BCUT2D eigenvalue weighted by Crippen LogP contribution is 2.18. The van der Waals surface area contributed by atoms with E-state index in [1.54, 1.807) is 0 Å². The van der Waals surface area contributed by atoms with Crippen LogP contribution >= 0.6 is 0 Å². The fraction of sp³-hybridized carbons (Fsp3) is 0.633. The molecule has 0 fully saturated rings. The van der Waals surface area contributed by atoms with E-state index in [1.165, 1.54) is 38.5 Å². The molecule has 2 amide bonds. The van der Waals surface area contributed by atoms with E-state index in [4.69, 9.17) is 14.9 Å². The number of ether oxygens (including phenoxy) is 1. The van der Waals surface area contributed by atoms with E-state index >= 15 is 0 Å². The second-order valence-electron chi connectivity index (χ2n) is 14.8. The van der Waals surface area contributed by atoms with Crippen LogP contribution in [0.15, 0.2) is 85.1 Å². The second-order valence-corrected chi connectivity index (χ2v) is 14.8. The number of aliphatic hydroxyl groups is 1. The summed E-state index contributed by atoms with van der Waals surface area (Å²) in [5.41, 5.74) is 0. The predicted molar refractivity (Wildman–Crippen MR) is 240 cm³/mol. The Labute approximate surface area is 352 Å². The molecule has 0 aliphatic carbocycles. The van der Waals surface area contributed by atoms with Gasteiger partial charge in [0.25, 0.3) is 0 Å². The highest BCUT2D eigenvalue weighted by molar-refractivity contribution is 5.87. The number of carboxylic acids is 1. The number of unbranched alkanes of at least 4 members (excludes halogenated alkanes) is 11. The van der Waals surface area contributed by atoms with Gasteiger partial charge in [-0.05, 0) is 89.9 Å². The Morgan fingerprint density at radius 3 is 1.45 bits per heavy atom. The molecule has 4 N–H and O–H groups in total. The molecule has 2 atom stereocenters. The summed E-state index contributed by atoms with van der Waals surface area (Å²) >= 11 is 0. The van der Waals surface area contributed by atoms with Crippen LogP contribution in [0, 0.1) is 0 Å². The molecule has 0 rings (SSSR count). The van der Waals surface area contributed by atoms with Gasteiger partial charge in [0.15, 0.2) is 0 Å². The molecule has 0 bridgehead atoms. The molecular weight excluding hydrogens is 729 g/mol. The zero-order chi connectivity index (χ0) is 42.6. The smallest absolute Gasteiger partial charge is 0.328 e. The first-order valence-corrected chi connectivity index (χ1v) is 22.5. The van der Waals surface area contributed by atoms with Gasteiger partial charge in [-0.25, -0.2) is 4.79 Å². The van der Waals surface area contributed by atoms with Crippen molar-refractivity contribution in [2.24, 2.45) is 0 Å². The zero-order valence-electron chi connectivity index (χ0n) is 36.3. The van der Waals surface area contributed by atoms with Crippen molar-refractivity contribution in [1.29, 1.82) is 0 Å². The monoisotopic (exact) mass is 809 g/mol. The highest BCUT2D eigenvalue weighted by atomic mass is 16.5. The van der Waals surface area contributed by atoms with Crippen LogP contribution < -0.4 is 10.6 Å². The molecule has 9 heteroatoms. The van der Waals surface area contributed by atoms with Gasteiger partial charge in [0, 0.05) is 12.8 Å². The Bertz CT molecular complexity index is 1250. The largest absolute Gasteiger partial charge is 0.480 e. The van der Waals surface area contributed by atoms with Gasteiger partial charge in [-0.15, -0.1) is 0 Å². The molecule has 0 aliphatic rings. The van der Waals surface area contributed by atoms with Gasteiger partial charge in [0.1, 0.15) is 12.1 Å². The van der Waals surface area contributed by atoms with Gasteiger partial charge in [-0.2, -0.15) is 0 Å². The van der Waals surface area contributed by atoms with Gasteiger partial charge in [0.2, 0.25) is 11.8 Å². The molecule has 0 spiro atoms. The molecule has 0 saturated carbocycles. The first-order chi connectivity index (χ1) is 28.3. The zero-order valence-corrected chi connectivity index (χ0v) is 36.3. The van der Waals surface area contributed by atoms with Crippen molar-refractivity contribution >= 4 is 23.8 Å². The van der Waals surface area contributed by atoms with Gasteiger partial charge in [0.05, 0.1) is 13.2 Å². The lowest BCUT2D eigenvalue weighted by molar-refractivity contribution is -0.150. The molecule has 0 saturated heterocycles. The molecule has 0 heterocycles. The lowest BCUT2D eigenvalue weighted by Crippen LogP contribution is -2.47. The van der Waals surface area contributed by atoms with Crippen LogP contribution in [0.4, 0.5) is 0 Å². The maximum atomic E-state index is 12.7. The fourth-order valence-electron chi connectivity index (χ4n) is 6.00. The fourth-order valence-corrected chi connectivity index (χ4v) is 6.00. The third-order valence-electron chi connectivity index (χ3n) is 9.41. The van der Waals surface area contributed by atoms with Crippen LogP contribution in [0.3, 0.4) is 0 Å². The molecule has 0 aromatic rings. The Morgan fingerprint density at radius 2 is 0.983 bits per heavy atom. The van der Waals surface area contributed by atoms with Gasteiger partial charge < -0.3 is 25.6 Å². The molecular formula is C49H80N2O7. The Balaban J connectivity index is 4.25. The van der Waals surface area contributed by atoms with Crippen LogP contribution in [0.2, 0.25) is 0 Å². The number of rotatable bonds is 39. The highest BCUT2D eigenvalue weighted by Gasteiger charge is 2.19. The first-order valence-electron chi connectivity index (χ1n) is 22.5. The number of aliphatic carboxylic acids is 1. The summed E-state index contributed by atoms with van der Waals surface area (Å²) in [4.78, 5) is 47.5. The predicted octanol–water partition coefficient (Wildman–Crippen LogP) is 11.3. The maximum absolute atomic E-state index is 12.7. The average molecular weight is 809 g/mol. The first kappa shape index (κ1) is 54.0. The summed E-state index contributed by atoms with van der Waals surface area (Å²) < 4.78 is 5.97. The van der Waals surface area contributed by atoms with Crippen LogP contribution in [-0.2, 0) is 23.9 Å². The standard InChI is InChI=1S/C49H80N2O7/c1-3-5-7-9-11-12-13-14-15-16-17-18-19-20-21-22-23-24-25-26-28-33-37-41-48(55)58-44(38-34-30-27-10-8-6-4-2)39-35-31-29-32-36-40-46(53)50-42-47(54)51-45(43-52)49(56)57/h5,7,11-12,14-15,17-18,20-21,23-24,26,28,44-45,52H,3-4,6,8-10,13,16,19,22,25,27,29-43H2,1-2H3,(H,50,53)(H,51,54)(H,56,57)/b7-5-,12-11-,15-14-,18-17-,21-20-,24-23-,28-26-. The molecule has 0 radical (unpaired) electrons. The number of carboxylic acid groups (broad SMARTS) is 1. The molecule has 0 aliphatic heterocycles. The van der Waals surface area contributed by atoms with Crippen LogP contribution in [0.25, 0.3) is 0 Å². The van der Waals surface area contributed by atoms with E-state index < -0.39 is 24.5 Å². The maximum Gasteiger partial charge on any atom is 0.328 e. The van der Waals surface area contributed by atoms with Crippen molar-refractivity contribution in [3.05, 3.63) is 85.1 Å². The summed E-state index contributed by atoms with van der Waals surface area (Å²) in [5, 5.41) is 22.5. The number of allylic oxidation sites excluding steroid dienone is 14. The second kappa shape index (κ2) is 42.6. The number of nitrogens with one attached hydrogen (secondary N) is 2. The summed E-state index contributed by atoms with van der Waals surface area (Å²) in [7, 11) is 0. The quantitative estimate of drug-likeness (QED) is 0.0275. The molecule has 58 heavy (non-hydrogen) atoms. The number of carbonyl (C=O) groups excluding carboxylic acids is 3. The molecule has 9 nitrogen and oxygen atoms in total. The number of carbonyl (C=O) groups is 4. The summed E-state index contributed by atoms with van der Waals surface area (Å²) in [6.07, 6.45) is 54.8. The molecule has 328 valence electrons. The molecule has 2 unspecified atom stereocenters. The van der Waals surface area contributed by atoms with E-state index in [-0.39, 0.29) is 30.9 Å². The van der Waals surface area contributed by atoms with E-state index in [9.17, 15) is 19.2 Å². The molecule has 0 aromatic carbocycles. The third-order valence-corrected chi connectivity index (χ3v) is 9.41. The van der Waals surface area contributed by atoms with E-state index in [2.05, 4.69) is 110 Å². The van der Waals surface area contributed by atoms with Gasteiger partial charge in [-0.1, -0.05) is 157 Å². The van der Waals surface area contributed by atoms with Crippen molar-refractivity contribution in [2.75, 3.05) is 13.2 Å². The van der Waals surface area contributed by atoms with Crippen molar-refractivity contribution in [1.82, 2.24) is 10.6 Å². The Hall–Kier alpha value is -3.98. The van der Waals surface area contributed by atoms with Crippen molar-refractivity contribution in [3.63, 3.8) is 0 Å². The molecule has 0 aromatic heterocycles. The van der Waals surface area contributed by atoms with Gasteiger partial charge in [-0.3, -0.25) is 14.4 Å². The Kier molecular flexibility index (Phi) is 39.7.